The van der Waals surface area contributed by atoms with Crippen molar-refractivity contribution in [2.75, 3.05) is 6.54 Å². The van der Waals surface area contributed by atoms with Gasteiger partial charge in [-0.3, -0.25) is 19.2 Å². The normalized spacial score (nSPS) is 20.9. The number of carbonyl (C=O) groups is 5. The fourth-order valence-electron chi connectivity index (χ4n) is 3.18. The fraction of sp³-hybridized carbons (Fsp3) is 0.737. The molecule has 5 N–H and O–H groups in total. The van der Waals surface area contributed by atoms with Crippen molar-refractivity contribution in [1.29, 1.82) is 0 Å². The first-order chi connectivity index (χ1) is 13.5. The molecule has 0 aromatic rings. The van der Waals surface area contributed by atoms with E-state index in [0.29, 0.717) is 13.0 Å². The molecule has 1 heterocycles. The molecule has 4 amide bonds. The van der Waals surface area contributed by atoms with Gasteiger partial charge in [0.25, 0.3) is 11.8 Å². The molecular weight excluding hydrogens is 380 g/mol. The van der Waals surface area contributed by atoms with Gasteiger partial charge in [-0.15, -0.1) is 0 Å². The summed E-state index contributed by atoms with van der Waals surface area (Å²) < 4.78 is 4.93. The van der Waals surface area contributed by atoms with Gasteiger partial charge in [0.1, 0.15) is 0 Å². The Labute approximate surface area is 169 Å². The lowest BCUT2D eigenvalue weighted by Gasteiger charge is -2.27. The molecule has 1 aliphatic heterocycles. The van der Waals surface area contributed by atoms with Gasteiger partial charge in [-0.25, -0.2) is 4.79 Å². The van der Waals surface area contributed by atoms with Crippen LogP contribution in [0.4, 0.5) is 4.79 Å². The van der Waals surface area contributed by atoms with Crippen LogP contribution in [-0.4, -0.2) is 54.3 Å². The highest BCUT2D eigenvalue weighted by Gasteiger charge is 2.38. The third-order valence-electron chi connectivity index (χ3n) is 4.80. The Hall–Kier alpha value is -2.65. The van der Waals surface area contributed by atoms with E-state index in [2.05, 4.69) is 16.0 Å². The van der Waals surface area contributed by atoms with Crippen LogP contribution < -0.4 is 21.7 Å². The lowest BCUT2D eigenvalue weighted by Crippen LogP contribution is -2.52. The van der Waals surface area contributed by atoms with Crippen molar-refractivity contribution in [2.24, 2.45) is 17.1 Å². The maximum absolute atomic E-state index is 12.8. The van der Waals surface area contributed by atoms with Gasteiger partial charge < -0.3 is 26.4 Å². The Bertz CT molecular complexity index is 683. The highest BCUT2D eigenvalue weighted by molar-refractivity contribution is 6.38. The Morgan fingerprint density at radius 3 is 2.34 bits per heavy atom. The maximum atomic E-state index is 12.8. The molecule has 0 aromatic heterocycles. The van der Waals surface area contributed by atoms with Crippen LogP contribution in [0.25, 0.3) is 0 Å². The van der Waals surface area contributed by atoms with Crippen LogP contribution in [0.5, 0.6) is 0 Å². The van der Waals surface area contributed by atoms with E-state index < -0.39 is 41.8 Å². The summed E-state index contributed by atoms with van der Waals surface area (Å²) in [5, 5.41) is 7.77. The summed E-state index contributed by atoms with van der Waals surface area (Å²) in [7, 11) is 0. The molecule has 29 heavy (non-hydrogen) atoms. The van der Waals surface area contributed by atoms with Gasteiger partial charge in [0.05, 0.1) is 6.04 Å². The zero-order chi connectivity index (χ0) is 21.8. The molecule has 2 rings (SSSR count). The molecule has 2 aliphatic rings. The number of carbonyl (C=O) groups excluding carboxylic acids is 5. The lowest BCUT2D eigenvalue weighted by molar-refractivity contribution is -0.142. The molecule has 1 saturated heterocycles. The predicted molar refractivity (Wildman–Crippen MR) is 102 cm³/mol. The molecule has 0 bridgehead atoms. The van der Waals surface area contributed by atoms with Crippen LogP contribution in [0.15, 0.2) is 0 Å². The Kier molecular flexibility index (Phi) is 7.21. The van der Waals surface area contributed by atoms with E-state index >= 15 is 0 Å². The molecule has 1 saturated carbocycles. The van der Waals surface area contributed by atoms with Crippen LogP contribution in [-0.2, 0) is 23.9 Å². The SMILES string of the molecule is CC(C)(C)C[C@H](OC(N)=O)C(=O)NC(C[C@@H]1CCNC1=O)C(=O)C(=O)NC1CC1. The summed E-state index contributed by atoms with van der Waals surface area (Å²) in [4.78, 5) is 60.8. The van der Waals surface area contributed by atoms with E-state index in [1.54, 1.807) is 0 Å². The third kappa shape index (κ3) is 7.35. The van der Waals surface area contributed by atoms with Crippen LogP contribution in [0.2, 0.25) is 0 Å². The van der Waals surface area contributed by atoms with E-state index in [1.807, 2.05) is 20.8 Å². The highest BCUT2D eigenvalue weighted by Crippen LogP contribution is 2.24. The summed E-state index contributed by atoms with van der Waals surface area (Å²) in [5.41, 5.74) is 4.71. The van der Waals surface area contributed by atoms with E-state index in [4.69, 9.17) is 10.5 Å². The quantitative estimate of drug-likeness (QED) is 0.384. The van der Waals surface area contributed by atoms with Gasteiger partial charge in [0, 0.05) is 18.5 Å². The molecule has 10 nitrogen and oxygen atoms in total. The standard InChI is InChI=1S/C19H30N4O6/c1-19(2,3)9-13(29-18(20)28)16(26)23-12(8-10-6-7-21-15(10)25)14(24)17(27)22-11-4-5-11/h10-13H,4-9H2,1-3H3,(H2,20,28)(H,21,25)(H,22,27)(H,23,26)/t10-,12?,13-/m0/s1. The van der Waals surface area contributed by atoms with Crippen LogP contribution in [0.1, 0.15) is 52.9 Å². The van der Waals surface area contributed by atoms with Gasteiger partial charge in [0.15, 0.2) is 6.10 Å². The van der Waals surface area contributed by atoms with Gasteiger partial charge in [-0.2, -0.15) is 0 Å². The van der Waals surface area contributed by atoms with Crippen molar-refractivity contribution >= 4 is 29.6 Å². The van der Waals surface area contributed by atoms with E-state index in [1.165, 1.54) is 0 Å². The minimum atomic E-state index is -1.22. The van der Waals surface area contributed by atoms with Gasteiger partial charge in [-0.05, 0) is 37.5 Å². The van der Waals surface area contributed by atoms with Crippen molar-refractivity contribution in [3.63, 3.8) is 0 Å². The minimum absolute atomic E-state index is 0.00664. The molecular formula is C19H30N4O6. The Balaban J connectivity index is 2.13. The number of hydrogen-bond donors (Lipinski definition) is 4. The van der Waals surface area contributed by atoms with Crippen LogP contribution >= 0.6 is 0 Å². The lowest BCUT2D eigenvalue weighted by atomic mass is 9.88. The van der Waals surface area contributed by atoms with Crippen molar-refractivity contribution in [2.45, 2.75) is 71.1 Å². The average molecular weight is 410 g/mol. The predicted octanol–water partition coefficient (Wildman–Crippen LogP) is -0.255. The highest BCUT2D eigenvalue weighted by atomic mass is 16.6. The summed E-state index contributed by atoms with van der Waals surface area (Å²) in [5.74, 6) is -3.05. The summed E-state index contributed by atoms with van der Waals surface area (Å²) in [6.45, 7) is 6.04. The molecule has 0 aromatic carbocycles. The van der Waals surface area contributed by atoms with Gasteiger partial charge >= 0.3 is 6.09 Å². The van der Waals surface area contributed by atoms with Crippen molar-refractivity contribution < 1.29 is 28.7 Å². The number of ketones is 1. The number of nitrogens with two attached hydrogens (primary N) is 1. The number of rotatable bonds is 9. The van der Waals surface area contributed by atoms with Crippen LogP contribution in [0.3, 0.4) is 0 Å². The zero-order valence-corrected chi connectivity index (χ0v) is 17.1. The molecule has 0 radical (unpaired) electrons. The minimum Gasteiger partial charge on any atom is -0.436 e. The first-order valence-electron chi connectivity index (χ1n) is 9.85. The van der Waals surface area contributed by atoms with Crippen molar-refractivity contribution in [3.8, 4) is 0 Å². The molecule has 10 heteroatoms. The number of ether oxygens (including phenoxy) is 1. The molecule has 1 aliphatic carbocycles. The largest absolute Gasteiger partial charge is 0.436 e. The number of nitrogens with one attached hydrogen (secondary N) is 3. The number of amides is 4. The summed E-state index contributed by atoms with van der Waals surface area (Å²) in [6, 6.07) is -1.22. The van der Waals surface area contributed by atoms with E-state index in [0.717, 1.165) is 12.8 Å². The van der Waals surface area contributed by atoms with Crippen LogP contribution in [0, 0.1) is 11.3 Å². The van der Waals surface area contributed by atoms with Crippen molar-refractivity contribution in [3.05, 3.63) is 0 Å². The first-order valence-corrected chi connectivity index (χ1v) is 9.85. The smallest absolute Gasteiger partial charge is 0.405 e. The summed E-state index contributed by atoms with van der Waals surface area (Å²) >= 11 is 0. The molecule has 2 fully saturated rings. The van der Waals surface area contributed by atoms with Crippen molar-refractivity contribution in [1.82, 2.24) is 16.0 Å². The number of primary amides is 1. The van der Waals surface area contributed by atoms with Gasteiger partial charge in [-0.1, -0.05) is 20.8 Å². The van der Waals surface area contributed by atoms with E-state index in [9.17, 15) is 24.0 Å². The second-order valence-electron chi connectivity index (χ2n) is 8.88. The van der Waals surface area contributed by atoms with Gasteiger partial charge in [0.2, 0.25) is 11.7 Å². The zero-order valence-electron chi connectivity index (χ0n) is 17.1. The number of Topliss-reactive ketones (excluding diaryl/α,β-unsaturated/α-hetero) is 1. The molecule has 0 spiro atoms. The number of hydrogen-bond acceptors (Lipinski definition) is 6. The topological polar surface area (TPSA) is 157 Å². The second-order valence-corrected chi connectivity index (χ2v) is 8.88. The van der Waals surface area contributed by atoms with E-state index in [-0.39, 0.29) is 30.2 Å². The fourth-order valence-corrected chi connectivity index (χ4v) is 3.18. The third-order valence-corrected chi connectivity index (χ3v) is 4.80. The molecule has 3 atom stereocenters. The molecule has 162 valence electrons. The Morgan fingerprint density at radius 1 is 1.21 bits per heavy atom. The molecule has 1 unspecified atom stereocenters. The average Bonchev–Trinajstić information content (AvgIpc) is 3.32. The first kappa shape index (κ1) is 22.6. The Morgan fingerprint density at radius 2 is 1.86 bits per heavy atom. The monoisotopic (exact) mass is 410 g/mol. The summed E-state index contributed by atoms with van der Waals surface area (Å²) in [6.07, 6.45) is -0.0479. The second kappa shape index (κ2) is 9.23. The maximum Gasteiger partial charge on any atom is 0.405 e.